The molecule has 0 radical (unpaired) electrons. The first-order valence-electron chi connectivity index (χ1n) is 6.69. The third-order valence-electron chi connectivity index (χ3n) is 3.41. The molecule has 3 rings (SSSR count). The van der Waals surface area contributed by atoms with E-state index in [1.807, 2.05) is 38.2 Å². The topological polar surface area (TPSA) is 50.7 Å². The van der Waals surface area contributed by atoms with Crippen molar-refractivity contribution in [3.8, 4) is 11.5 Å². The van der Waals surface area contributed by atoms with Gasteiger partial charge in [0.05, 0.1) is 15.7 Å². The van der Waals surface area contributed by atoms with Crippen molar-refractivity contribution in [1.29, 1.82) is 0 Å². The van der Waals surface area contributed by atoms with Crippen LogP contribution >= 0.6 is 15.9 Å². The van der Waals surface area contributed by atoms with Crippen molar-refractivity contribution in [2.45, 2.75) is 13.8 Å². The quantitative estimate of drug-likeness (QED) is 0.761. The molecule has 0 amide bonds. The lowest BCUT2D eigenvalue weighted by atomic mass is 10.1. The Bertz CT molecular complexity index is 830. The summed E-state index contributed by atoms with van der Waals surface area (Å²) < 4.78 is 0.881. The number of aromatic nitrogens is 3. The van der Waals surface area contributed by atoms with Crippen LogP contribution < -0.4 is 5.32 Å². The molecule has 2 heterocycles. The Kier molecular flexibility index (Phi) is 3.59. The lowest BCUT2D eigenvalue weighted by molar-refractivity contribution is 1.07. The molecule has 1 aromatic carbocycles. The van der Waals surface area contributed by atoms with E-state index in [4.69, 9.17) is 0 Å². The van der Waals surface area contributed by atoms with Crippen molar-refractivity contribution in [3.63, 3.8) is 0 Å². The molecule has 21 heavy (non-hydrogen) atoms. The molecular weight excluding hydrogens is 328 g/mol. The molecule has 0 aliphatic carbocycles. The van der Waals surface area contributed by atoms with Gasteiger partial charge in [0.2, 0.25) is 0 Å². The summed E-state index contributed by atoms with van der Waals surface area (Å²) in [7, 11) is 1.84. The van der Waals surface area contributed by atoms with Gasteiger partial charge in [0.15, 0.2) is 5.82 Å². The van der Waals surface area contributed by atoms with E-state index in [2.05, 4.69) is 49.2 Å². The van der Waals surface area contributed by atoms with Gasteiger partial charge in [-0.1, -0.05) is 18.2 Å². The van der Waals surface area contributed by atoms with Crippen molar-refractivity contribution < 1.29 is 0 Å². The standard InChI is InChI=1S/C16H15BrN4/c1-9-8-13(20-12-7-5-4-6-11(9)12)15-19-10(2)14(17)16(18-3)21-15/h4-8H,1-3H3,(H,18,19,21). The van der Waals surface area contributed by atoms with E-state index >= 15 is 0 Å². The van der Waals surface area contributed by atoms with Crippen LogP contribution in [0.1, 0.15) is 11.3 Å². The van der Waals surface area contributed by atoms with Crippen LogP contribution in [0.5, 0.6) is 0 Å². The zero-order valence-electron chi connectivity index (χ0n) is 12.1. The summed E-state index contributed by atoms with van der Waals surface area (Å²) in [6.07, 6.45) is 0. The predicted molar refractivity (Wildman–Crippen MR) is 89.5 cm³/mol. The molecule has 5 heteroatoms. The molecule has 0 atom stereocenters. The van der Waals surface area contributed by atoms with Gasteiger partial charge in [0.1, 0.15) is 11.5 Å². The van der Waals surface area contributed by atoms with Gasteiger partial charge in [-0.05, 0) is 47.5 Å². The fourth-order valence-corrected chi connectivity index (χ4v) is 2.68. The highest BCUT2D eigenvalue weighted by molar-refractivity contribution is 9.10. The van der Waals surface area contributed by atoms with E-state index in [1.165, 1.54) is 5.56 Å². The summed E-state index contributed by atoms with van der Waals surface area (Å²) in [5.74, 6) is 1.40. The zero-order valence-corrected chi connectivity index (χ0v) is 13.7. The van der Waals surface area contributed by atoms with Gasteiger partial charge in [-0.3, -0.25) is 0 Å². The van der Waals surface area contributed by atoms with Crippen LogP contribution in [-0.4, -0.2) is 22.0 Å². The van der Waals surface area contributed by atoms with E-state index in [0.717, 1.165) is 32.6 Å². The Hall–Kier alpha value is -2.01. The fraction of sp³-hybridized carbons (Fsp3) is 0.188. The van der Waals surface area contributed by atoms with E-state index in [9.17, 15) is 0 Å². The first-order valence-corrected chi connectivity index (χ1v) is 7.48. The number of para-hydroxylation sites is 1. The molecule has 4 nitrogen and oxygen atoms in total. The van der Waals surface area contributed by atoms with Gasteiger partial charge in [-0.2, -0.15) is 0 Å². The van der Waals surface area contributed by atoms with Crippen molar-refractivity contribution in [3.05, 3.63) is 46.1 Å². The molecule has 0 saturated carbocycles. The van der Waals surface area contributed by atoms with Crippen LogP contribution in [0.4, 0.5) is 5.82 Å². The van der Waals surface area contributed by atoms with Gasteiger partial charge < -0.3 is 5.32 Å². The summed E-state index contributed by atoms with van der Waals surface area (Å²) in [6.45, 7) is 4.03. The SMILES string of the molecule is CNc1nc(-c2cc(C)c3ccccc3n2)nc(C)c1Br. The number of nitrogens with zero attached hydrogens (tertiary/aromatic N) is 3. The van der Waals surface area contributed by atoms with Crippen LogP contribution in [-0.2, 0) is 0 Å². The highest BCUT2D eigenvalue weighted by Crippen LogP contribution is 2.27. The number of hydrogen-bond acceptors (Lipinski definition) is 4. The van der Waals surface area contributed by atoms with Crippen LogP contribution in [0.15, 0.2) is 34.8 Å². The third kappa shape index (κ3) is 2.49. The van der Waals surface area contributed by atoms with Gasteiger partial charge in [0.25, 0.3) is 0 Å². The Balaban J connectivity index is 2.23. The maximum atomic E-state index is 4.68. The Morgan fingerprint density at radius 1 is 1.05 bits per heavy atom. The number of halogens is 1. The molecule has 106 valence electrons. The number of benzene rings is 1. The molecular formula is C16H15BrN4. The summed E-state index contributed by atoms with van der Waals surface area (Å²) in [4.78, 5) is 13.8. The molecule has 0 aliphatic rings. The Morgan fingerprint density at radius 3 is 2.57 bits per heavy atom. The van der Waals surface area contributed by atoms with Gasteiger partial charge in [-0.15, -0.1) is 0 Å². The molecule has 0 saturated heterocycles. The average molecular weight is 343 g/mol. The van der Waals surface area contributed by atoms with Gasteiger partial charge in [-0.25, -0.2) is 15.0 Å². The first kappa shape index (κ1) is 13.9. The largest absolute Gasteiger partial charge is 0.372 e. The maximum Gasteiger partial charge on any atom is 0.180 e. The lowest BCUT2D eigenvalue weighted by Crippen LogP contribution is -2.02. The number of anilines is 1. The Morgan fingerprint density at radius 2 is 1.81 bits per heavy atom. The van der Waals surface area contributed by atoms with Crippen molar-refractivity contribution in [1.82, 2.24) is 15.0 Å². The van der Waals surface area contributed by atoms with E-state index < -0.39 is 0 Å². The van der Waals surface area contributed by atoms with Crippen LogP contribution in [0.3, 0.4) is 0 Å². The number of fused-ring (bicyclic) bond motifs is 1. The Labute approximate surface area is 131 Å². The minimum absolute atomic E-state index is 0.633. The minimum atomic E-state index is 0.633. The van der Waals surface area contributed by atoms with Crippen LogP contribution in [0.25, 0.3) is 22.4 Å². The molecule has 0 unspecified atom stereocenters. The maximum absolute atomic E-state index is 4.68. The summed E-state index contributed by atoms with van der Waals surface area (Å²) in [5, 5.41) is 4.23. The molecule has 1 N–H and O–H groups in total. The highest BCUT2D eigenvalue weighted by atomic mass is 79.9. The fourth-order valence-electron chi connectivity index (χ4n) is 2.30. The minimum Gasteiger partial charge on any atom is -0.372 e. The van der Waals surface area contributed by atoms with Gasteiger partial charge >= 0.3 is 0 Å². The van der Waals surface area contributed by atoms with Crippen molar-refractivity contribution in [2.24, 2.45) is 0 Å². The molecule has 0 fully saturated rings. The molecule has 3 aromatic rings. The van der Waals surface area contributed by atoms with Gasteiger partial charge in [0, 0.05) is 12.4 Å². The zero-order chi connectivity index (χ0) is 15.0. The number of pyridine rings is 1. The monoisotopic (exact) mass is 342 g/mol. The average Bonchev–Trinajstić information content (AvgIpc) is 2.50. The van der Waals surface area contributed by atoms with E-state index in [0.29, 0.717) is 5.82 Å². The normalized spacial score (nSPS) is 10.9. The van der Waals surface area contributed by atoms with Crippen LogP contribution in [0.2, 0.25) is 0 Å². The molecule has 0 aliphatic heterocycles. The number of nitrogens with one attached hydrogen (secondary N) is 1. The third-order valence-corrected chi connectivity index (χ3v) is 4.36. The van der Waals surface area contributed by atoms with Crippen molar-refractivity contribution in [2.75, 3.05) is 12.4 Å². The molecule has 0 bridgehead atoms. The second-order valence-corrected chi connectivity index (χ2v) is 5.68. The van der Waals surface area contributed by atoms with E-state index in [1.54, 1.807) is 0 Å². The molecule has 0 spiro atoms. The number of rotatable bonds is 2. The number of hydrogen-bond donors (Lipinski definition) is 1. The molecule has 2 aromatic heterocycles. The summed E-state index contributed by atoms with van der Waals surface area (Å²) >= 11 is 3.49. The van der Waals surface area contributed by atoms with E-state index in [-0.39, 0.29) is 0 Å². The predicted octanol–water partition coefficient (Wildman–Crippen LogP) is 4.11. The summed E-state index contributed by atoms with van der Waals surface area (Å²) in [6, 6.07) is 10.1. The second-order valence-electron chi connectivity index (χ2n) is 4.89. The van der Waals surface area contributed by atoms with Crippen LogP contribution in [0, 0.1) is 13.8 Å². The number of aryl methyl sites for hydroxylation is 2. The van der Waals surface area contributed by atoms with Crippen molar-refractivity contribution >= 4 is 32.7 Å². The first-order chi connectivity index (χ1) is 10.1. The lowest BCUT2D eigenvalue weighted by Gasteiger charge is -2.10. The second kappa shape index (κ2) is 5.41. The summed E-state index contributed by atoms with van der Waals surface area (Å²) in [5.41, 5.74) is 3.81. The smallest absolute Gasteiger partial charge is 0.180 e. The highest BCUT2D eigenvalue weighted by Gasteiger charge is 2.12.